The predicted molar refractivity (Wildman–Crippen MR) is 102 cm³/mol. The van der Waals surface area contributed by atoms with E-state index in [0.717, 1.165) is 12.8 Å². The number of nitrogens with zero attached hydrogens (tertiary/aromatic N) is 2. The summed E-state index contributed by atoms with van der Waals surface area (Å²) in [7, 11) is 0. The number of unbranched alkanes of at least 4 members (excludes halogenated alkanes) is 1. The Morgan fingerprint density at radius 1 is 1.12 bits per heavy atom. The second-order valence-corrected chi connectivity index (χ2v) is 6.55. The minimum atomic E-state index is -0.414. The van der Waals surface area contributed by atoms with Crippen LogP contribution in [0.2, 0.25) is 10.0 Å². The maximum Gasteiger partial charge on any atom is 0.345 e. The third kappa shape index (κ3) is 3.43. The zero-order valence-electron chi connectivity index (χ0n) is 13.6. The van der Waals surface area contributed by atoms with Gasteiger partial charge in [0.25, 0.3) is 0 Å². The molecule has 7 heteroatoms. The molecule has 0 bridgehead atoms. The van der Waals surface area contributed by atoms with Gasteiger partial charge in [-0.25, -0.2) is 4.73 Å². The summed E-state index contributed by atoms with van der Waals surface area (Å²) in [5.74, 6) is -0.0156. The SMILES string of the molecule is CCCCNc1c(=O)n(-c2ccc(Cl)cc2)c2ccc(Cl)cc2[n+]1[O-]. The van der Waals surface area contributed by atoms with E-state index in [2.05, 4.69) is 5.32 Å². The highest BCUT2D eigenvalue weighted by molar-refractivity contribution is 6.31. The minimum Gasteiger partial charge on any atom is -0.710 e. The molecule has 0 atom stereocenters. The number of aromatic nitrogens is 2. The lowest BCUT2D eigenvalue weighted by Gasteiger charge is -2.16. The average molecular weight is 378 g/mol. The number of rotatable bonds is 5. The lowest BCUT2D eigenvalue weighted by atomic mass is 10.2. The first-order valence-corrected chi connectivity index (χ1v) is 8.76. The number of hydrogen-bond acceptors (Lipinski definition) is 3. The normalized spacial score (nSPS) is 11.0. The fourth-order valence-corrected chi connectivity index (χ4v) is 2.94. The quantitative estimate of drug-likeness (QED) is 0.412. The van der Waals surface area contributed by atoms with E-state index in [1.807, 2.05) is 6.92 Å². The molecule has 1 aromatic heterocycles. The predicted octanol–water partition coefficient (Wildman–Crippen LogP) is 4.14. The number of fused-ring (bicyclic) bond motifs is 1. The first kappa shape index (κ1) is 17.6. The smallest absolute Gasteiger partial charge is 0.345 e. The number of nitrogens with one attached hydrogen (secondary N) is 1. The average Bonchev–Trinajstić information content (AvgIpc) is 2.60. The molecule has 0 aliphatic heterocycles. The molecule has 0 radical (unpaired) electrons. The van der Waals surface area contributed by atoms with Crippen molar-refractivity contribution in [2.75, 3.05) is 11.9 Å². The highest BCUT2D eigenvalue weighted by Crippen LogP contribution is 2.21. The van der Waals surface area contributed by atoms with Gasteiger partial charge in [0.05, 0.1) is 12.1 Å². The van der Waals surface area contributed by atoms with E-state index < -0.39 is 5.56 Å². The molecule has 0 aliphatic carbocycles. The van der Waals surface area contributed by atoms with Crippen LogP contribution in [-0.2, 0) is 0 Å². The van der Waals surface area contributed by atoms with Crippen LogP contribution >= 0.6 is 23.2 Å². The molecule has 0 amide bonds. The summed E-state index contributed by atoms with van der Waals surface area (Å²) in [4.78, 5) is 13.0. The summed E-state index contributed by atoms with van der Waals surface area (Å²) in [6.07, 6.45) is 1.81. The van der Waals surface area contributed by atoms with Gasteiger partial charge in [-0.05, 0) is 42.8 Å². The summed E-state index contributed by atoms with van der Waals surface area (Å²) in [6, 6.07) is 11.8. The van der Waals surface area contributed by atoms with Gasteiger partial charge in [-0.1, -0.05) is 36.5 Å². The molecule has 25 heavy (non-hydrogen) atoms. The fourth-order valence-electron chi connectivity index (χ4n) is 2.65. The van der Waals surface area contributed by atoms with Crippen LogP contribution in [0.1, 0.15) is 19.8 Å². The van der Waals surface area contributed by atoms with Gasteiger partial charge in [-0.3, -0.25) is 14.7 Å². The van der Waals surface area contributed by atoms with E-state index in [-0.39, 0.29) is 5.82 Å². The zero-order chi connectivity index (χ0) is 18.0. The van der Waals surface area contributed by atoms with Crippen molar-refractivity contribution in [3.8, 4) is 5.69 Å². The van der Waals surface area contributed by atoms with Gasteiger partial charge in [0.1, 0.15) is 0 Å². The number of anilines is 1. The van der Waals surface area contributed by atoms with Gasteiger partial charge in [0, 0.05) is 21.8 Å². The third-order valence-electron chi connectivity index (χ3n) is 3.91. The van der Waals surface area contributed by atoms with Crippen LogP contribution in [0, 0.1) is 5.21 Å². The molecule has 0 fully saturated rings. The first-order chi connectivity index (χ1) is 12.0. The fraction of sp³-hybridized carbons (Fsp3) is 0.222. The molecular weight excluding hydrogens is 361 g/mol. The van der Waals surface area contributed by atoms with Crippen molar-refractivity contribution in [3.05, 3.63) is 68.1 Å². The van der Waals surface area contributed by atoms with Crippen molar-refractivity contribution in [2.45, 2.75) is 19.8 Å². The van der Waals surface area contributed by atoms with Crippen LogP contribution in [0.3, 0.4) is 0 Å². The van der Waals surface area contributed by atoms with E-state index in [4.69, 9.17) is 23.2 Å². The lowest BCUT2D eigenvalue weighted by Crippen LogP contribution is -2.41. The molecule has 1 N–H and O–H groups in total. The van der Waals surface area contributed by atoms with E-state index in [1.165, 1.54) is 4.57 Å². The van der Waals surface area contributed by atoms with Gasteiger partial charge in [-0.15, -0.1) is 0 Å². The third-order valence-corrected chi connectivity index (χ3v) is 4.40. The molecule has 130 valence electrons. The molecule has 1 heterocycles. The summed E-state index contributed by atoms with van der Waals surface area (Å²) in [6.45, 7) is 2.58. The van der Waals surface area contributed by atoms with Gasteiger partial charge < -0.3 is 5.21 Å². The molecule has 0 unspecified atom stereocenters. The molecule has 2 aromatic carbocycles. The van der Waals surface area contributed by atoms with Gasteiger partial charge in [0.15, 0.2) is 5.52 Å². The standard InChI is InChI=1S/C18H17Cl2N3O2/c1-2-3-10-21-17-18(24)22(14-7-4-12(19)5-8-14)15-9-6-13(20)11-16(15)23(17)25/h4-9,11,21H,2-3,10H2,1H3. The summed E-state index contributed by atoms with van der Waals surface area (Å²) in [5, 5.41) is 16.7. The Morgan fingerprint density at radius 2 is 1.80 bits per heavy atom. The van der Waals surface area contributed by atoms with Crippen LogP contribution in [0.25, 0.3) is 16.7 Å². The van der Waals surface area contributed by atoms with E-state index in [9.17, 15) is 10.0 Å². The minimum absolute atomic E-state index is 0.0156. The van der Waals surface area contributed by atoms with Crippen molar-refractivity contribution in [1.29, 1.82) is 0 Å². The Morgan fingerprint density at radius 3 is 2.48 bits per heavy atom. The molecule has 5 nitrogen and oxygen atoms in total. The van der Waals surface area contributed by atoms with Gasteiger partial charge in [0.2, 0.25) is 0 Å². The van der Waals surface area contributed by atoms with Crippen molar-refractivity contribution < 1.29 is 4.73 Å². The second-order valence-electron chi connectivity index (χ2n) is 5.67. The molecular formula is C18H17Cl2N3O2. The first-order valence-electron chi connectivity index (χ1n) is 8.00. The Kier molecular flexibility index (Phi) is 5.16. The summed E-state index contributed by atoms with van der Waals surface area (Å²) >= 11 is 12.0. The summed E-state index contributed by atoms with van der Waals surface area (Å²) in [5.41, 5.74) is 1.01. The van der Waals surface area contributed by atoms with Crippen LogP contribution in [0.4, 0.5) is 5.82 Å². The van der Waals surface area contributed by atoms with Crippen molar-refractivity contribution in [1.82, 2.24) is 4.57 Å². The van der Waals surface area contributed by atoms with Crippen LogP contribution < -0.4 is 15.6 Å². The molecule has 3 aromatic rings. The van der Waals surface area contributed by atoms with Gasteiger partial charge in [-0.2, -0.15) is 0 Å². The van der Waals surface area contributed by atoms with E-state index in [0.29, 0.717) is 38.0 Å². The topological polar surface area (TPSA) is 61.0 Å². The maximum absolute atomic E-state index is 13.0. The number of hydrogen-bond donors (Lipinski definition) is 1. The van der Waals surface area contributed by atoms with Crippen LogP contribution in [0.5, 0.6) is 0 Å². The largest absolute Gasteiger partial charge is 0.710 e. The molecule has 0 spiro atoms. The Labute approximate surface area is 155 Å². The van der Waals surface area contributed by atoms with Crippen molar-refractivity contribution in [2.24, 2.45) is 0 Å². The Hall–Kier alpha value is -2.24. The number of benzene rings is 2. The molecule has 0 saturated carbocycles. The molecule has 0 aliphatic rings. The van der Waals surface area contributed by atoms with Crippen LogP contribution in [-0.4, -0.2) is 11.1 Å². The Balaban J connectivity index is 2.30. The zero-order valence-corrected chi connectivity index (χ0v) is 15.1. The number of halogens is 2. The van der Waals surface area contributed by atoms with E-state index >= 15 is 0 Å². The van der Waals surface area contributed by atoms with Crippen molar-refractivity contribution in [3.63, 3.8) is 0 Å². The van der Waals surface area contributed by atoms with Crippen molar-refractivity contribution >= 4 is 40.1 Å². The Bertz CT molecular complexity index is 969. The monoisotopic (exact) mass is 377 g/mol. The molecule has 0 saturated heterocycles. The maximum atomic E-state index is 13.0. The highest BCUT2D eigenvalue weighted by Gasteiger charge is 2.19. The highest BCUT2D eigenvalue weighted by atomic mass is 35.5. The second kappa shape index (κ2) is 7.33. The van der Waals surface area contributed by atoms with Crippen LogP contribution in [0.15, 0.2) is 47.3 Å². The van der Waals surface area contributed by atoms with Gasteiger partial charge >= 0.3 is 11.4 Å². The summed E-state index contributed by atoms with van der Waals surface area (Å²) < 4.78 is 2.11. The molecule has 3 rings (SSSR count). The van der Waals surface area contributed by atoms with E-state index in [1.54, 1.807) is 42.5 Å². The lowest BCUT2D eigenvalue weighted by molar-refractivity contribution is -0.562.